The zero-order valence-electron chi connectivity index (χ0n) is 18.0. The lowest BCUT2D eigenvalue weighted by Crippen LogP contribution is -2.25. The quantitative estimate of drug-likeness (QED) is 0.550. The van der Waals surface area contributed by atoms with Gasteiger partial charge in [0.25, 0.3) is 0 Å². The molecule has 0 aliphatic rings. The number of imidazole rings is 1. The normalized spacial score (nSPS) is 11.2. The Morgan fingerprint density at radius 1 is 1.14 bits per heavy atom. The molecule has 2 aromatic rings. The summed E-state index contributed by atoms with van der Waals surface area (Å²) < 4.78 is 5.24. The van der Waals surface area contributed by atoms with Crippen molar-refractivity contribution in [2.45, 2.75) is 53.0 Å². The number of nitrogens with zero attached hydrogens (tertiary/aromatic N) is 3. The van der Waals surface area contributed by atoms with Crippen molar-refractivity contribution in [3.05, 3.63) is 18.0 Å². The number of ether oxygens (including phenoxy) is 1. The maximum absolute atomic E-state index is 12.1. The third kappa shape index (κ3) is 6.12. The molecule has 0 bridgehead atoms. The van der Waals surface area contributed by atoms with Gasteiger partial charge in [-0.25, -0.2) is 9.78 Å². The van der Waals surface area contributed by atoms with Crippen LogP contribution in [0.2, 0.25) is 0 Å². The predicted octanol–water partition coefficient (Wildman–Crippen LogP) is 4.60. The number of carbonyl (C=O) groups is 1. The second kappa shape index (κ2) is 10.9. The number of hydrogen-bond donors (Lipinski definition) is 2. The topological polar surface area (TPSA) is 73.5 Å². The van der Waals surface area contributed by atoms with Gasteiger partial charge in [0.1, 0.15) is 5.82 Å². The number of anilines is 2. The summed E-state index contributed by atoms with van der Waals surface area (Å²) in [4.78, 5) is 24.7. The number of rotatable bonds is 11. The van der Waals surface area contributed by atoms with Crippen molar-refractivity contribution in [3.63, 3.8) is 0 Å². The molecule has 1 aromatic carbocycles. The highest BCUT2D eigenvalue weighted by Gasteiger charge is 2.14. The fourth-order valence-corrected chi connectivity index (χ4v) is 3.21. The van der Waals surface area contributed by atoms with Gasteiger partial charge in [-0.15, -0.1) is 0 Å². The molecule has 1 heterocycles. The van der Waals surface area contributed by atoms with Gasteiger partial charge in [-0.05, 0) is 44.5 Å². The molecule has 156 valence electrons. The summed E-state index contributed by atoms with van der Waals surface area (Å²) in [6, 6.07) is 3.94. The number of fused-ring (bicyclic) bond motifs is 1. The first-order chi connectivity index (χ1) is 13.5. The summed E-state index contributed by atoms with van der Waals surface area (Å²) in [6.07, 6.45) is 3.68. The first kappa shape index (κ1) is 22.0. The maximum Gasteiger partial charge on any atom is 0.411 e. The maximum atomic E-state index is 12.1. The van der Waals surface area contributed by atoms with E-state index in [-0.39, 0.29) is 0 Å². The molecule has 2 rings (SSSR count). The van der Waals surface area contributed by atoms with Crippen molar-refractivity contribution in [1.82, 2.24) is 14.9 Å². The average molecular weight is 390 g/mol. The van der Waals surface area contributed by atoms with Gasteiger partial charge in [0.15, 0.2) is 0 Å². The van der Waals surface area contributed by atoms with Gasteiger partial charge >= 0.3 is 6.09 Å². The number of benzene rings is 1. The summed E-state index contributed by atoms with van der Waals surface area (Å²) in [5.74, 6) is 0.948. The third-order valence-electron chi connectivity index (χ3n) is 4.55. The smallest absolute Gasteiger partial charge is 0.411 e. The standard InChI is InChI=1S/C21H35N5O2/c1-6-9-12-28-21(27)24-18-13-16-17(14-19(18)25(4)5)23-20(22-16)15-26(10-7-2)11-8-3/h13-14H,6-12,15H2,1-5H3,(H,22,23)(H,24,27). The Kier molecular flexibility index (Phi) is 8.57. The third-order valence-corrected chi connectivity index (χ3v) is 4.55. The molecule has 0 saturated carbocycles. The van der Waals surface area contributed by atoms with Gasteiger partial charge in [-0.2, -0.15) is 0 Å². The van der Waals surface area contributed by atoms with Gasteiger partial charge in [0.2, 0.25) is 0 Å². The minimum absolute atomic E-state index is 0.423. The van der Waals surface area contributed by atoms with E-state index in [9.17, 15) is 4.79 Å². The van der Waals surface area contributed by atoms with Crippen LogP contribution in [0.5, 0.6) is 0 Å². The molecular weight excluding hydrogens is 354 g/mol. The van der Waals surface area contributed by atoms with E-state index in [1.165, 1.54) is 0 Å². The lowest BCUT2D eigenvalue weighted by molar-refractivity contribution is 0.160. The van der Waals surface area contributed by atoms with E-state index in [1.807, 2.05) is 31.1 Å². The van der Waals surface area contributed by atoms with Crippen molar-refractivity contribution in [2.24, 2.45) is 0 Å². The van der Waals surface area contributed by atoms with Crippen molar-refractivity contribution < 1.29 is 9.53 Å². The summed E-state index contributed by atoms with van der Waals surface area (Å²) in [7, 11) is 3.90. The molecular formula is C21H35N5O2. The molecule has 0 saturated heterocycles. The Labute approximate surface area is 168 Å². The van der Waals surface area contributed by atoms with Crippen molar-refractivity contribution in [2.75, 3.05) is 44.0 Å². The molecule has 0 radical (unpaired) electrons. The highest BCUT2D eigenvalue weighted by Crippen LogP contribution is 2.29. The van der Waals surface area contributed by atoms with Crippen LogP contribution < -0.4 is 10.2 Å². The number of unbranched alkanes of at least 4 members (excludes halogenated alkanes) is 1. The summed E-state index contributed by atoms with van der Waals surface area (Å²) >= 11 is 0. The summed E-state index contributed by atoms with van der Waals surface area (Å²) in [5, 5.41) is 2.87. The van der Waals surface area contributed by atoms with Gasteiger partial charge in [0, 0.05) is 14.1 Å². The van der Waals surface area contributed by atoms with Crippen LogP contribution in [0.25, 0.3) is 11.0 Å². The van der Waals surface area contributed by atoms with Crippen LogP contribution >= 0.6 is 0 Å². The van der Waals surface area contributed by atoms with Crippen LogP contribution in [-0.2, 0) is 11.3 Å². The zero-order valence-corrected chi connectivity index (χ0v) is 18.0. The van der Waals surface area contributed by atoms with Crippen molar-refractivity contribution in [1.29, 1.82) is 0 Å². The van der Waals surface area contributed by atoms with E-state index in [0.29, 0.717) is 12.3 Å². The minimum atomic E-state index is -0.423. The summed E-state index contributed by atoms with van der Waals surface area (Å²) in [6.45, 7) is 9.81. The Hall–Kier alpha value is -2.28. The van der Waals surface area contributed by atoms with Crippen molar-refractivity contribution in [3.8, 4) is 0 Å². The molecule has 1 aromatic heterocycles. The largest absolute Gasteiger partial charge is 0.449 e. The van der Waals surface area contributed by atoms with Gasteiger partial charge in [-0.3, -0.25) is 10.2 Å². The number of carbonyl (C=O) groups excluding carboxylic acids is 1. The van der Waals surface area contributed by atoms with E-state index in [1.54, 1.807) is 0 Å². The van der Waals surface area contributed by atoms with Crippen LogP contribution in [0.15, 0.2) is 12.1 Å². The van der Waals surface area contributed by atoms with E-state index >= 15 is 0 Å². The molecule has 0 spiro atoms. The molecule has 0 atom stereocenters. The van der Waals surface area contributed by atoms with Crippen molar-refractivity contribution >= 4 is 28.5 Å². The van der Waals surface area contributed by atoms with E-state index in [0.717, 1.165) is 67.9 Å². The van der Waals surface area contributed by atoms with Gasteiger partial charge < -0.3 is 14.6 Å². The number of aromatic amines is 1. The SMILES string of the molecule is CCCCOC(=O)Nc1cc2[nH]c(CN(CCC)CCC)nc2cc1N(C)C. The first-order valence-corrected chi connectivity index (χ1v) is 10.3. The average Bonchev–Trinajstić information content (AvgIpc) is 3.02. The fourth-order valence-electron chi connectivity index (χ4n) is 3.21. The molecule has 1 amide bonds. The molecule has 2 N–H and O–H groups in total. The summed E-state index contributed by atoms with van der Waals surface area (Å²) in [5.41, 5.74) is 3.43. The van der Waals surface area contributed by atoms with Crippen LogP contribution in [0.1, 0.15) is 52.3 Å². The second-order valence-corrected chi connectivity index (χ2v) is 7.36. The Morgan fingerprint density at radius 2 is 1.86 bits per heavy atom. The van der Waals surface area contributed by atoms with Crippen LogP contribution in [-0.4, -0.2) is 54.8 Å². The second-order valence-electron chi connectivity index (χ2n) is 7.36. The molecule has 0 fully saturated rings. The van der Waals surface area contributed by atoms with Crippen LogP contribution in [0.4, 0.5) is 16.2 Å². The Morgan fingerprint density at radius 3 is 2.46 bits per heavy atom. The minimum Gasteiger partial charge on any atom is -0.449 e. The highest BCUT2D eigenvalue weighted by molar-refractivity contribution is 5.95. The lowest BCUT2D eigenvalue weighted by Gasteiger charge is -2.19. The number of hydrogen-bond acceptors (Lipinski definition) is 5. The molecule has 0 aliphatic heterocycles. The monoisotopic (exact) mass is 389 g/mol. The number of H-pyrrole nitrogens is 1. The number of amides is 1. The Bertz CT molecular complexity index is 751. The van der Waals surface area contributed by atoms with Crippen LogP contribution in [0.3, 0.4) is 0 Å². The lowest BCUT2D eigenvalue weighted by atomic mass is 10.2. The van der Waals surface area contributed by atoms with Crippen LogP contribution in [0, 0.1) is 0 Å². The molecule has 0 unspecified atom stereocenters. The number of nitrogens with one attached hydrogen (secondary N) is 2. The predicted molar refractivity (Wildman–Crippen MR) is 116 cm³/mol. The zero-order chi connectivity index (χ0) is 20.5. The van der Waals surface area contributed by atoms with E-state index in [4.69, 9.17) is 9.72 Å². The molecule has 0 aliphatic carbocycles. The Balaban J connectivity index is 2.23. The molecule has 7 heteroatoms. The van der Waals surface area contributed by atoms with E-state index in [2.05, 4.69) is 36.0 Å². The first-order valence-electron chi connectivity index (χ1n) is 10.3. The number of aromatic nitrogens is 2. The van der Waals surface area contributed by atoms with E-state index < -0.39 is 6.09 Å². The van der Waals surface area contributed by atoms with Gasteiger partial charge in [-0.1, -0.05) is 27.2 Å². The molecule has 7 nitrogen and oxygen atoms in total. The van der Waals surface area contributed by atoms with Gasteiger partial charge in [0.05, 0.1) is 35.6 Å². The highest BCUT2D eigenvalue weighted by atomic mass is 16.5. The fraction of sp³-hybridized carbons (Fsp3) is 0.619. The molecule has 28 heavy (non-hydrogen) atoms.